The number of hydrogen-bond acceptors (Lipinski definition) is 6. The van der Waals surface area contributed by atoms with Gasteiger partial charge in [-0.15, -0.1) is 0 Å². The Kier molecular flexibility index (Phi) is 4.14. The van der Waals surface area contributed by atoms with Crippen LogP contribution >= 0.6 is 0 Å². The Labute approximate surface area is 149 Å². The molecule has 1 fully saturated rings. The highest BCUT2D eigenvalue weighted by molar-refractivity contribution is 6.25. The molecule has 0 saturated carbocycles. The van der Waals surface area contributed by atoms with Crippen LogP contribution in [0.1, 0.15) is 20.7 Å². The zero-order valence-corrected chi connectivity index (χ0v) is 14.1. The van der Waals surface area contributed by atoms with E-state index in [1.807, 2.05) is 0 Å². The molecule has 134 valence electrons. The van der Waals surface area contributed by atoms with Crippen LogP contribution in [0.3, 0.4) is 0 Å². The normalized spacial score (nSPS) is 17.8. The van der Waals surface area contributed by atoms with E-state index in [2.05, 4.69) is 10.2 Å². The highest BCUT2D eigenvalue weighted by atomic mass is 16.6. The summed E-state index contributed by atoms with van der Waals surface area (Å²) in [7, 11) is 0. The Morgan fingerprint density at radius 2 is 1.77 bits per heavy atom. The van der Waals surface area contributed by atoms with Crippen molar-refractivity contribution in [3.05, 3.63) is 51.6 Å². The van der Waals surface area contributed by atoms with Crippen LogP contribution in [0.5, 0.6) is 0 Å². The molecule has 0 aliphatic carbocycles. The molecule has 1 N–H and O–H groups in total. The van der Waals surface area contributed by atoms with Gasteiger partial charge in [-0.05, 0) is 11.5 Å². The van der Waals surface area contributed by atoms with E-state index in [4.69, 9.17) is 0 Å². The van der Waals surface area contributed by atoms with Gasteiger partial charge in [0, 0.05) is 62.4 Å². The molecule has 2 aromatic rings. The van der Waals surface area contributed by atoms with Gasteiger partial charge in [-0.25, -0.2) is 0 Å². The summed E-state index contributed by atoms with van der Waals surface area (Å²) in [4.78, 5) is 39.8. The molecule has 0 radical (unpaired) electrons. The Bertz CT molecular complexity index is 921. The largest absolute Gasteiger partial charge is 0.314 e. The number of amides is 2. The second-order valence-corrected chi connectivity index (χ2v) is 6.51. The average molecular weight is 354 g/mol. The first-order chi connectivity index (χ1) is 12.6. The van der Waals surface area contributed by atoms with Crippen molar-refractivity contribution in [2.45, 2.75) is 0 Å². The molecule has 0 bridgehead atoms. The highest BCUT2D eigenvalue weighted by Gasteiger charge is 2.34. The number of nitrogens with one attached hydrogen (secondary N) is 1. The van der Waals surface area contributed by atoms with Gasteiger partial charge in [0.25, 0.3) is 17.5 Å². The molecule has 0 spiro atoms. The van der Waals surface area contributed by atoms with Crippen LogP contribution in [0, 0.1) is 10.1 Å². The summed E-state index contributed by atoms with van der Waals surface area (Å²) in [6.07, 6.45) is 0. The minimum absolute atomic E-state index is 0.144. The van der Waals surface area contributed by atoms with Crippen molar-refractivity contribution in [3.63, 3.8) is 0 Å². The predicted molar refractivity (Wildman–Crippen MR) is 95.3 cm³/mol. The lowest BCUT2D eigenvalue weighted by atomic mass is 9.93. The molecule has 2 heterocycles. The first-order valence-electron chi connectivity index (χ1n) is 8.56. The first kappa shape index (κ1) is 16.6. The third-order valence-electron chi connectivity index (χ3n) is 4.97. The zero-order chi connectivity index (χ0) is 18.3. The zero-order valence-electron chi connectivity index (χ0n) is 14.1. The van der Waals surface area contributed by atoms with E-state index in [0.29, 0.717) is 22.9 Å². The van der Waals surface area contributed by atoms with Gasteiger partial charge >= 0.3 is 0 Å². The average Bonchev–Trinajstić information content (AvgIpc) is 2.66. The van der Waals surface area contributed by atoms with E-state index in [1.54, 1.807) is 18.2 Å². The van der Waals surface area contributed by atoms with Gasteiger partial charge in [0.05, 0.1) is 10.5 Å². The number of nitro groups is 1. The Morgan fingerprint density at radius 3 is 2.50 bits per heavy atom. The number of nitro benzene ring substituents is 1. The van der Waals surface area contributed by atoms with Crippen LogP contribution in [-0.4, -0.2) is 65.8 Å². The fourth-order valence-electron chi connectivity index (χ4n) is 3.63. The van der Waals surface area contributed by atoms with Gasteiger partial charge in [0.15, 0.2) is 0 Å². The Hall–Kier alpha value is -2.84. The summed E-state index contributed by atoms with van der Waals surface area (Å²) in [6.45, 7) is 4.38. The van der Waals surface area contributed by atoms with E-state index < -0.39 is 10.8 Å². The maximum Gasteiger partial charge on any atom is 0.270 e. The second-order valence-electron chi connectivity index (χ2n) is 6.51. The summed E-state index contributed by atoms with van der Waals surface area (Å²) in [5.41, 5.74) is 0.506. The van der Waals surface area contributed by atoms with Crippen molar-refractivity contribution in [2.24, 2.45) is 0 Å². The summed E-state index contributed by atoms with van der Waals surface area (Å²) in [5.74, 6) is -0.797. The van der Waals surface area contributed by atoms with Crippen molar-refractivity contribution in [2.75, 3.05) is 39.3 Å². The molecule has 8 heteroatoms. The van der Waals surface area contributed by atoms with E-state index in [0.717, 1.165) is 26.2 Å². The fourth-order valence-corrected chi connectivity index (χ4v) is 3.63. The molecule has 1 saturated heterocycles. The quantitative estimate of drug-likeness (QED) is 0.504. The minimum Gasteiger partial charge on any atom is -0.314 e. The molecular weight excluding hydrogens is 336 g/mol. The predicted octanol–water partition coefficient (Wildman–Crippen LogP) is 1.25. The number of carbonyl (C=O) groups is 2. The highest BCUT2D eigenvalue weighted by Crippen LogP contribution is 2.33. The summed E-state index contributed by atoms with van der Waals surface area (Å²) in [5, 5.41) is 15.5. The number of nitrogens with zero attached hydrogens (tertiary/aromatic N) is 3. The van der Waals surface area contributed by atoms with Crippen LogP contribution in [0.4, 0.5) is 5.69 Å². The maximum atomic E-state index is 12.9. The Morgan fingerprint density at radius 1 is 1.04 bits per heavy atom. The molecule has 0 atom stereocenters. The molecule has 4 rings (SSSR count). The third kappa shape index (κ3) is 2.73. The van der Waals surface area contributed by atoms with E-state index in [-0.39, 0.29) is 23.7 Å². The Balaban J connectivity index is 1.70. The van der Waals surface area contributed by atoms with Gasteiger partial charge in [-0.1, -0.05) is 12.1 Å². The van der Waals surface area contributed by atoms with Crippen molar-refractivity contribution < 1.29 is 14.5 Å². The molecule has 8 nitrogen and oxygen atoms in total. The molecule has 0 unspecified atom stereocenters. The first-order valence-corrected chi connectivity index (χ1v) is 8.56. The van der Waals surface area contributed by atoms with Crippen LogP contribution in [-0.2, 0) is 0 Å². The topological polar surface area (TPSA) is 95.8 Å². The number of imide groups is 1. The van der Waals surface area contributed by atoms with Gasteiger partial charge in [0.1, 0.15) is 0 Å². The lowest BCUT2D eigenvalue weighted by Crippen LogP contribution is -2.49. The van der Waals surface area contributed by atoms with Crippen molar-refractivity contribution in [1.82, 2.24) is 15.1 Å². The van der Waals surface area contributed by atoms with Gasteiger partial charge in [-0.3, -0.25) is 29.5 Å². The van der Waals surface area contributed by atoms with Gasteiger partial charge in [0.2, 0.25) is 0 Å². The van der Waals surface area contributed by atoms with Crippen LogP contribution in [0.25, 0.3) is 10.8 Å². The van der Waals surface area contributed by atoms with Crippen LogP contribution in [0.15, 0.2) is 30.3 Å². The number of non-ortho nitro benzene ring substituents is 1. The van der Waals surface area contributed by atoms with Crippen molar-refractivity contribution >= 4 is 28.3 Å². The lowest BCUT2D eigenvalue weighted by Gasteiger charge is -2.31. The van der Waals surface area contributed by atoms with Crippen LogP contribution < -0.4 is 5.32 Å². The summed E-state index contributed by atoms with van der Waals surface area (Å²) >= 11 is 0. The number of rotatable bonds is 4. The molecule has 2 aliphatic rings. The number of piperazine rings is 1. The number of hydrogen-bond donors (Lipinski definition) is 1. The van der Waals surface area contributed by atoms with Gasteiger partial charge in [-0.2, -0.15) is 0 Å². The standard InChI is InChI=1S/C18H18N4O4/c23-17-14-3-1-2-12-10-13(22(25)26)11-15(16(12)14)18(24)21(17)9-8-20-6-4-19-5-7-20/h1-3,10-11,19H,4-9H2. The van der Waals surface area contributed by atoms with E-state index >= 15 is 0 Å². The number of benzene rings is 2. The molecule has 2 amide bonds. The van der Waals surface area contributed by atoms with E-state index in [9.17, 15) is 19.7 Å². The molecular formula is C18H18N4O4. The number of carbonyl (C=O) groups excluding carboxylic acids is 2. The van der Waals surface area contributed by atoms with Crippen molar-refractivity contribution in [3.8, 4) is 0 Å². The maximum absolute atomic E-state index is 12.9. The van der Waals surface area contributed by atoms with Crippen molar-refractivity contribution in [1.29, 1.82) is 0 Å². The molecule has 26 heavy (non-hydrogen) atoms. The fraction of sp³-hybridized carbons (Fsp3) is 0.333. The smallest absolute Gasteiger partial charge is 0.270 e. The van der Waals surface area contributed by atoms with Crippen LogP contribution in [0.2, 0.25) is 0 Å². The lowest BCUT2D eigenvalue weighted by molar-refractivity contribution is -0.384. The monoisotopic (exact) mass is 354 g/mol. The van der Waals surface area contributed by atoms with E-state index in [1.165, 1.54) is 17.0 Å². The SMILES string of the molecule is O=C1c2cccc3cc([N+](=O)[O-])cc(c23)C(=O)N1CCN1CCNCC1. The summed E-state index contributed by atoms with van der Waals surface area (Å²) < 4.78 is 0. The molecule has 2 aliphatic heterocycles. The second kappa shape index (κ2) is 6.47. The summed E-state index contributed by atoms with van der Waals surface area (Å²) in [6, 6.07) is 7.72. The third-order valence-corrected chi connectivity index (χ3v) is 4.97. The minimum atomic E-state index is -0.516. The molecule has 2 aromatic carbocycles. The van der Waals surface area contributed by atoms with Gasteiger partial charge < -0.3 is 5.32 Å². The molecule has 0 aromatic heterocycles.